The van der Waals surface area contributed by atoms with Gasteiger partial charge in [0.25, 0.3) is 0 Å². The van der Waals surface area contributed by atoms with E-state index >= 15 is 0 Å². The van der Waals surface area contributed by atoms with Gasteiger partial charge in [-0.25, -0.2) is 4.98 Å². The summed E-state index contributed by atoms with van der Waals surface area (Å²) in [6.45, 7) is 0. The SMILES string of the molecule is COc1ccc(-n2c(SCc3noc(C4CC4)n3)nc3ccccc32)cc1. The normalized spacial score (nSPS) is 14.0. The fourth-order valence-electron chi connectivity index (χ4n) is 3.03. The number of nitrogens with zero attached hydrogens (tertiary/aromatic N) is 4. The molecule has 0 amide bonds. The summed E-state index contributed by atoms with van der Waals surface area (Å²) in [6.07, 6.45) is 2.31. The third kappa shape index (κ3) is 3.19. The van der Waals surface area contributed by atoms with Crippen molar-refractivity contribution in [2.75, 3.05) is 7.11 Å². The molecule has 0 radical (unpaired) electrons. The molecule has 6 nitrogen and oxygen atoms in total. The van der Waals surface area contributed by atoms with Crippen LogP contribution in [0.4, 0.5) is 0 Å². The maximum absolute atomic E-state index is 5.36. The van der Waals surface area contributed by atoms with E-state index in [0.29, 0.717) is 11.7 Å². The first-order valence-electron chi connectivity index (χ1n) is 8.89. The maximum atomic E-state index is 5.36. The first-order valence-corrected chi connectivity index (χ1v) is 9.87. The second kappa shape index (κ2) is 6.74. The third-order valence-electron chi connectivity index (χ3n) is 4.60. The number of ether oxygens (including phenoxy) is 1. The topological polar surface area (TPSA) is 66.0 Å². The smallest absolute Gasteiger partial charge is 0.229 e. The minimum atomic E-state index is 0.472. The Morgan fingerprint density at radius 3 is 2.70 bits per heavy atom. The Labute approximate surface area is 160 Å². The highest BCUT2D eigenvalue weighted by Gasteiger charge is 2.29. The van der Waals surface area contributed by atoms with Gasteiger partial charge in [0.05, 0.1) is 23.9 Å². The number of thioether (sulfide) groups is 1. The number of fused-ring (bicyclic) bond motifs is 1. The van der Waals surface area contributed by atoms with Gasteiger partial charge >= 0.3 is 0 Å². The Balaban J connectivity index is 1.48. The molecule has 2 aromatic heterocycles. The maximum Gasteiger partial charge on any atom is 0.229 e. The summed E-state index contributed by atoms with van der Waals surface area (Å²) in [4.78, 5) is 9.32. The van der Waals surface area contributed by atoms with Crippen molar-refractivity contribution in [2.24, 2.45) is 0 Å². The van der Waals surface area contributed by atoms with Crippen molar-refractivity contribution in [3.8, 4) is 11.4 Å². The zero-order valence-electron chi connectivity index (χ0n) is 14.8. The van der Waals surface area contributed by atoms with Crippen molar-refractivity contribution in [3.63, 3.8) is 0 Å². The molecule has 7 heteroatoms. The van der Waals surface area contributed by atoms with Gasteiger partial charge < -0.3 is 9.26 Å². The highest BCUT2D eigenvalue weighted by molar-refractivity contribution is 7.98. The van der Waals surface area contributed by atoms with Crippen molar-refractivity contribution in [2.45, 2.75) is 29.7 Å². The molecule has 0 saturated heterocycles. The number of rotatable bonds is 6. The summed E-state index contributed by atoms with van der Waals surface area (Å²) in [7, 11) is 1.67. The van der Waals surface area contributed by atoms with Crippen molar-refractivity contribution in [1.82, 2.24) is 19.7 Å². The van der Waals surface area contributed by atoms with Crippen LogP contribution in [-0.4, -0.2) is 26.8 Å². The summed E-state index contributed by atoms with van der Waals surface area (Å²) in [5, 5.41) is 5.01. The van der Waals surface area contributed by atoms with Crippen molar-refractivity contribution in [1.29, 1.82) is 0 Å². The Morgan fingerprint density at radius 1 is 1.11 bits per heavy atom. The van der Waals surface area contributed by atoms with E-state index in [2.05, 4.69) is 20.8 Å². The Morgan fingerprint density at radius 2 is 1.93 bits per heavy atom. The van der Waals surface area contributed by atoms with Gasteiger partial charge in [0, 0.05) is 11.6 Å². The quantitative estimate of drug-likeness (QED) is 0.457. The van der Waals surface area contributed by atoms with Crippen LogP contribution < -0.4 is 4.74 Å². The van der Waals surface area contributed by atoms with Gasteiger partial charge in [-0.15, -0.1) is 0 Å². The molecule has 0 aliphatic heterocycles. The molecule has 0 spiro atoms. The minimum Gasteiger partial charge on any atom is -0.497 e. The van der Waals surface area contributed by atoms with E-state index < -0.39 is 0 Å². The van der Waals surface area contributed by atoms with Crippen LogP contribution in [0.1, 0.15) is 30.5 Å². The fourth-order valence-corrected chi connectivity index (χ4v) is 3.90. The van der Waals surface area contributed by atoms with Gasteiger partial charge in [-0.05, 0) is 49.2 Å². The lowest BCUT2D eigenvalue weighted by molar-refractivity contribution is 0.375. The molecule has 1 fully saturated rings. The summed E-state index contributed by atoms with van der Waals surface area (Å²) in [5.41, 5.74) is 3.07. The molecule has 0 N–H and O–H groups in total. The van der Waals surface area contributed by atoms with Crippen LogP contribution in [0.15, 0.2) is 58.2 Å². The number of hydrogen-bond acceptors (Lipinski definition) is 6. The standard InChI is InChI=1S/C20H18N4O2S/c1-25-15-10-8-14(9-11-15)24-17-5-3-2-4-16(17)21-20(24)27-12-18-22-19(26-23-18)13-6-7-13/h2-5,8-11,13H,6-7,12H2,1H3. The highest BCUT2D eigenvalue weighted by Crippen LogP contribution is 2.39. The molecule has 0 atom stereocenters. The molecule has 5 rings (SSSR count). The molecule has 2 heterocycles. The van der Waals surface area contributed by atoms with E-state index in [-0.39, 0.29) is 0 Å². The van der Waals surface area contributed by atoms with E-state index in [9.17, 15) is 0 Å². The zero-order chi connectivity index (χ0) is 18.2. The minimum absolute atomic E-state index is 0.472. The molecule has 1 aliphatic carbocycles. The third-order valence-corrected chi connectivity index (χ3v) is 5.54. The van der Waals surface area contributed by atoms with Crippen LogP contribution >= 0.6 is 11.8 Å². The molecular weight excluding hydrogens is 360 g/mol. The summed E-state index contributed by atoms with van der Waals surface area (Å²) in [5.74, 6) is 3.41. The molecule has 1 saturated carbocycles. The molecule has 0 unspecified atom stereocenters. The van der Waals surface area contributed by atoms with Crippen molar-refractivity contribution < 1.29 is 9.26 Å². The molecule has 0 bridgehead atoms. The van der Waals surface area contributed by atoms with Gasteiger partial charge in [-0.1, -0.05) is 29.1 Å². The van der Waals surface area contributed by atoms with Gasteiger partial charge in [0.2, 0.25) is 5.89 Å². The molecular formula is C20H18N4O2S. The van der Waals surface area contributed by atoms with E-state index in [1.165, 1.54) is 0 Å². The van der Waals surface area contributed by atoms with E-state index in [1.807, 2.05) is 42.5 Å². The fraction of sp³-hybridized carbons (Fsp3) is 0.250. The van der Waals surface area contributed by atoms with E-state index in [0.717, 1.165) is 52.2 Å². The van der Waals surface area contributed by atoms with Crippen LogP contribution in [0, 0.1) is 0 Å². The van der Waals surface area contributed by atoms with Crippen LogP contribution in [0.5, 0.6) is 5.75 Å². The predicted molar refractivity (Wildman–Crippen MR) is 103 cm³/mol. The van der Waals surface area contributed by atoms with E-state index in [4.69, 9.17) is 14.2 Å². The lowest BCUT2D eigenvalue weighted by atomic mass is 10.2. The van der Waals surface area contributed by atoms with Crippen LogP contribution in [0.25, 0.3) is 16.7 Å². The van der Waals surface area contributed by atoms with Gasteiger partial charge in [0.1, 0.15) is 5.75 Å². The van der Waals surface area contributed by atoms with Gasteiger partial charge in [-0.2, -0.15) is 4.98 Å². The Hall–Kier alpha value is -2.80. The zero-order valence-corrected chi connectivity index (χ0v) is 15.6. The second-order valence-corrected chi connectivity index (χ2v) is 7.47. The van der Waals surface area contributed by atoms with Crippen LogP contribution in [-0.2, 0) is 5.75 Å². The predicted octanol–water partition coefficient (Wildman–Crippen LogP) is 4.59. The first-order chi connectivity index (χ1) is 13.3. The van der Waals surface area contributed by atoms with Crippen molar-refractivity contribution >= 4 is 22.8 Å². The molecule has 27 heavy (non-hydrogen) atoms. The summed E-state index contributed by atoms with van der Waals surface area (Å²) < 4.78 is 12.8. The number of benzene rings is 2. The molecule has 136 valence electrons. The van der Waals surface area contributed by atoms with Crippen molar-refractivity contribution in [3.05, 3.63) is 60.2 Å². The largest absolute Gasteiger partial charge is 0.497 e. The number of hydrogen-bond donors (Lipinski definition) is 0. The number of para-hydroxylation sites is 2. The number of methoxy groups -OCH3 is 1. The van der Waals surface area contributed by atoms with Gasteiger partial charge in [0.15, 0.2) is 11.0 Å². The van der Waals surface area contributed by atoms with Gasteiger partial charge in [-0.3, -0.25) is 4.57 Å². The average molecular weight is 378 g/mol. The van der Waals surface area contributed by atoms with E-state index in [1.54, 1.807) is 18.9 Å². The summed E-state index contributed by atoms with van der Waals surface area (Å²) in [6, 6.07) is 16.1. The lowest BCUT2D eigenvalue weighted by Crippen LogP contribution is -1.97. The average Bonchev–Trinajstić information content (AvgIpc) is 3.34. The Kier molecular flexibility index (Phi) is 4.09. The molecule has 4 aromatic rings. The highest BCUT2D eigenvalue weighted by atomic mass is 32.2. The first kappa shape index (κ1) is 16.4. The molecule has 1 aliphatic rings. The summed E-state index contributed by atoms with van der Waals surface area (Å²) >= 11 is 1.61. The Bertz CT molecular complexity index is 1080. The lowest BCUT2D eigenvalue weighted by Gasteiger charge is -2.09. The number of imidazole rings is 1. The monoisotopic (exact) mass is 378 g/mol. The second-order valence-electron chi connectivity index (χ2n) is 6.53. The molecule has 2 aromatic carbocycles. The number of aromatic nitrogens is 4. The van der Waals surface area contributed by atoms with Crippen LogP contribution in [0.3, 0.4) is 0 Å². The van der Waals surface area contributed by atoms with Crippen LogP contribution in [0.2, 0.25) is 0 Å².